The smallest absolute Gasteiger partial charge is 0.184 e. The van der Waals surface area contributed by atoms with Gasteiger partial charge in [0, 0.05) is 0 Å². The van der Waals surface area contributed by atoms with Gasteiger partial charge < -0.3 is 4.55 Å². The van der Waals surface area contributed by atoms with Crippen molar-refractivity contribution in [1.29, 1.82) is 0 Å². The topological polar surface area (TPSA) is 64.8 Å². The maximum atomic E-state index is 11.5. The Hall–Kier alpha value is -0.980. The Bertz CT molecular complexity index is 587. The Morgan fingerprint density at radius 1 is 1.50 bits per heavy atom. The molecule has 0 saturated carbocycles. The molecular weight excluding hydrogens is 268 g/mol. The molecular formula is C12H12N2O2S2. The lowest BCUT2D eigenvalue weighted by atomic mass is 10.1. The predicted molar refractivity (Wildman–Crippen MR) is 75.8 cm³/mol. The van der Waals surface area contributed by atoms with Crippen LogP contribution in [0.2, 0.25) is 0 Å². The summed E-state index contributed by atoms with van der Waals surface area (Å²) < 4.78 is 23.0. The Morgan fingerprint density at radius 3 is 3.00 bits per heavy atom. The molecule has 0 aromatic carbocycles. The minimum atomic E-state index is -3.03. The largest absolute Gasteiger partial charge is 0.611 e. The van der Waals surface area contributed by atoms with Gasteiger partial charge in [-0.2, -0.15) is 0 Å². The number of amidine groups is 1. The zero-order valence-electron chi connectivity index (χ0n) is 9.78. The van der Waals surface area contributed by atoms with Crippen molar-refractivity contribution in [1.82, 2.24) is 0 Å². The molecule has 3 unspecified atom stereocenters. The Balaban J connectivity index is 1.75. The van der Waals surface area contributed by atoms with Gasteiger partial charge in [-0.15, -0.1) is 4.21 Å². The lowest BCUT2D eigenvalue weighted by Crippen LogP contribution is -2.15. The van der Waals surface area contributed by atoms with Crippen LogP contribution >= 0.6 is 11.8 Å². The monoisotopic (exact) mass is 280 g/mol. The van der Waals surface area contributed by atoms with Crippen molar-refractivity contribution in [3.8, 4) is 0 Å². The van der Waals surface area contributed by atoms with Gasteiger partial charge in [-0.05, 0) is 18.6 Å². The van der Waals surface area contributed by atoms with Crippen LogP contribution in [0.25, 0.3) is 0 Å². The highest BCUT2D eigenvalue weighted by molar-refractivity contribution is 8.15. The number of nitrogens with zero attached hydrogens (tertiary/aromatic N) is 2. The number of aliphatic imine (C=N–C) groups is 2. The van der Waals surface area contributed by atoms with E-state index in [0.717, 1.165) is 11.3 Å². The van der Waals surface area contributed by atoms with Gasteiger partial charge in [0.2, 0.25) is 0 Å². The Morgan fingerprint density at radius 2 is 2.33 bits per heavy atom. The second kappa shape index (κ2) is 4.29. The summed E-state index contributed by atoms with van der Waals surface area (Å²) in [5, 5.41) is 1.99. The highest BCUT2D eigenvalue weighted by Crippen LogP contribution is 2.33. The van der Waals surface area contributed by atoms with Crippen LogP contribution in [-0.2, 0) is 14.4 Å². The van der Waals surface area contributed by atoms with Gasteiger partial charge in [-0.25, -0.2) is 9.98 Å². The van der Waals surface area contributed by atoms with Crippen LogP contribution in [0.15, 0.2) is 45.3 Å². The molecule has 94 valence electrons. The van der Waals surface area contributed by atoms with Gasteiger partial charge >= 0.3 is 0 Å². The number of allylic oxidation sites excluding steroid dienone is 2. The number of hydrogen-bond acceptors (Lipinski definition) is 5. The fourth-order valence-corrected chi connectivity index (χ4v) is 5.33. The van der Waals surface area contributed by atoms with Crippen LogP contribution in [0.1, 0.15) is 6.92 Å². The number of fused-ring (bicyclic) bond motifs is 1. The van der Waals surface area contributed by atoms with Gasteiger partial charge in [0.25, 0.3) is 0 Å². The predicted octanol–water partition coefficient (Wildman–Crippen LogP) is 1.94. The summed E-state index contributed by atoms with van der Waals surface area (Å²) in [6, 6.07) is 0.0137. The summed E-state index contributed by atoms with van der Waals surface area (Å²) in [7, 11) is -3.03. The molecule has 3 atom stereocenters. The molecule has 2 heterocycles. The summed E-state index contributed by atoms with van der Waals surface area (Å²) in [6.07, 6.45) is 7.81. The zero-order valence-corrected chi connectivity index (χ0v) is 11.4. The molecule has 0 fully saturated rings. The Kier molecular flexibility index (Phi) is 2.88. The maximum absolute atomic E-state index is 11.5. The quantitative estimate of drug-likeness (QED) is 0.689. The molecule has 3 rings (SSSR count). The molecule has 6 heteroatoms. The fourth-order valence-electron chi connectivity index (χ4n) is 2.05. The van der Waals surface area contributed by atoms with Crippen LogP contribution in [0.4, 0.5) is 0 Å². The maximum Gasteiger partial charge on any atom is 0.184 e. The number of hydrogen-bond donors (Lipinski definition) is 0. The van der Waals surface area contributed by atoms with Gasteiger partial charge in [-0.3, -0.25) is 0 Å². The van der Waals surface area contributed by atoms with E-state index < -0.39 is 10.2 Å². The molecule has 0 radical (unpaired) electrons. The van der Waals surface area contributed by atoms with Gasteiger partial charge in [-0.1, -0.05) is 30.0 Å². The third-order valence-corrected chi connectivity index (χ3v) is 5.92. The van der Waals surface area contributed by atoms with Gasteiger partial charge in [0.05, 0.1) is 21.2 Å². The number of sulfone groups is 1. The van der Waals surface area contributed by atoms with E-state index in [2.05, 4.69) is 9.98 Å². The van der Waals surface area contributed by atoms with E-state index in [4.69, 9.17) is 0 Å². The van der Waals surface area contributed by atoms with E-state index in [1.165, 1.54) is 17.2 Å². The summed E-state index contributed by atoms with van der Waals surface area (Å²) in [4.78, 5) is 8.90. The molecule has 18 heavy (non-hydrogen) atoms. The van der Waals surface area contributed by atoms with Crippen LogP contribution in [0.3, 0.4) is 0 Å². The minimum Gasteiger partial charge on any atom is -0.611 e. The summed E-state index contributed by atoms with van der Waals surface area (Å²) in [5.74, 6) is 0.156. The van der Waals surface area contributed by atoms with E-state index in [9.17, 15) is 8.76 Å². The molecule has 0 saturated heterocycles. The first-order valence-electron chi connectivity index (χ1n) is 5.62. The second-order valence-corrected chi connectivity index (χ2v) is 7.50. The van der Waals surface area contributed by atoms with E-state index in [1.54, 1.807) is 0 Å². The molecule has 1 aliphatic carbocycles. The van der Waals surface area contributed by atoms with E-state index in [1.807, 2.05) is 31.2 Å². The van der Waals surface area contributed by atoms with Crippen molar-refractivity contribution in [3.63, 3.8) is 0 Å². The lowest BCUT2D eigenvalue weighted by molar-refractivity contribution is 0.490. The zero-order chi connectivity index (χ0) is 12.8. The molecule has 0 N–H and O–H groups in total. The molecule has 3 aliphatic rings. The molecule has 0 spiro atoms. The summed E-state index contributed by atoms with van der Waals surface area (Å²) >= 11 is 1.44. The molecule has 0 bridgehead atoms. The average Bonchev–Trinajstić information content (AvgIpc) is 2.79. The van der Waals surface area contributed by atoms with E-state index >= 15 is 0 Å². The number of thioether (sulfide) groups is 1. The van der Waals surface area contributed by atoms with Crippen molar-refractivity contribution < 1.29 is 8.76 Å². The first-order chi connectivity index (χ1) is 8.53. The normalized spacial score (nSPS) is 37.3. The first-order valence-corrected chi connectivity index (χ1v) is 8.22. The van der Waals surface area contributed by atoms with Crippen molar-refractivity contribution in [2.75, 3.05) is 5.75 Å². The minimum absolute atomic E-state index is 0.0137. The lowest BCUT2D eigenvalue weighted by Gasteiger charge is -2.08. The Labute approximate surface area is 111 Å². The molecule has 4 nitrogen and oxygen atoms in total. The highest BCUT2D eigenvalue weighted by Gasteiger charge is 2.34. The van der Waals surface area contributed by atoms with E-state index in [0.29, 0.717) is 5.17 Å². The summed E-state index contributed by atoms with van der Waals surface area (Å²) in [6.45, 7) is 1.84. The van der Waals surface area contributed by atoms with Gasteiger partial charge in [0.1, 0.15) is 17.2 Å². The molecule has 0 aromatic rings. The second-order valence-electron chi connectivity index (χ2n) is 4.44. The third kappa shape index (κ3) is 2.28. The average molecular weight is 280 g/mol. The molecule has 0 aromatic heterocycles. The van der Waals surface area contributed by atoms with E-state index in [-0.39, 0.29) is 17.0 Å². The van der Waals surface area contributed by atoms with Crippen molar-refractivity contribution >= 4 is 32.9 Å². The van der Waals surface area contributed by atoms with Crippen LogP contribution < -0.4 is 0 Å². The first kappa shape index (κ1) is 12.1. The molecule has 2 aliphatic heterocycles. The van der Waals surface area contributed by atoms with Crippen molar-refractivity contribution in [2.45, 2.75) is 18.2 Å². The molecule has 0 amide bonds. The van der Waals surface area contributed by atoms with Crippen LogP contribution in [0, 0.1) is 0 Å². The van der Waals surface area contributed by atoms with Crippen LogP contribution in [0.5, 0.6) is 0 Å². The van der Waals surface area contributed by atoms with Gasteiger partial charge in [0.15, 0.2) is 5.17 Å². The van der Waals surface area contributed by atoms with Crippen molar-refractivity contribution in [2.24, 2.45) is 9.98 Å². The van der Waals surface area contributed by atoms with Crippen molar-refractivity contribution in [3.05, 3.63) is 35.3 Å². The summed E-state index contributed by atoms with van der Waals surface area (Å²) in [5.41, 5.74) is 1.81. The van der Waals surface area contributed by atoms with Crippen LogP contribution in [-0.4, -0.2) is 32.5 Å². The SMILES string of the molecule is CC1=C[S+](=O)([O-])CC1SC1=NC2C=CC=CC2=N1. The third-order valence-electron chi connectivity index (χ3n) is 2.95. The standard InChI is InChI=1S/C12H12N2O2S2/c1-8-6-18(15,16)7-11(8)17-12-13-9-4-2-3-5-10(9)14-12/h2-6,9,11H,7H2,1H3. The number of rotatable bonds is 1. The highest BCUT2D eigenvalue weighted by atomic mass is 32.3. The fraction of sp³-hybridized carbons (Fsp3) is 0.333.